The van der Waals surface area contributed by atoms with Crippen molar-refractivity contribution in [2.45, 2.75) is 25.4 Å². The van der Waals surface area contributed by atoms with Crippen molar-refractivity contribution in [1.82, 2.24) is 10.2 Å². The van der Waals surface area contributed by atoms with Gasteiger partial charge in [-0.1, -0.05) is 72.8 Å². The molecule has 0 saturated carbocycles. The third-order valence-electron chi connectivity index (χ3n) is 5.39. The number of hydrogen-bond acceptors (Lipinski definition) is 4. The topological polar surface area (TPSA) is 78.9 Å². The summed E-state index contributed by atoms with van der Waals surface area (Å²) in [6.07, 6.45) is 0.560. The van der Waals surface area contributed by atoms with Gasteiger partial charge in [0.1, 0.15) is 11.8 Å². The number of hydrogen-bond donors (Lipinski definition) is 2. The van der Waals surface area contributed by atoms with E-state index >= 15 is 0 Å². The van der Waals surface area contributed by atoms with Crippen molar-refractivity contribution in [1.29, 1.82) is 0 Å². The Morgan fingerprint density at radius 1 is 0.879 bits per heavy atom. The Balaban J connectivity index is 1.93. The number of nitrogens with one attached hydrogen (secondary N) is 1. The Hall–Kier alpha value is -3.64. The second-order valence-corrected chi connectivity index (χ2v) is 7.75. The van der Waals surface area contributed by atoms with Crippen LogP contribution in [0.15, 0.2) is 84.9 Å². The Labute approximate surface area is 194 Å². The van der Waals surface area contributed by atoms with Crippen molar-refractivity contribution in [2.24, 2.45) is 0 Å². The monoisotopic (exact) mass is 446 g/mol. The number of rotatable bonds is 11. The molecule has 1 atom stereocenters. The van der Waals surface area contributed by atoms with Gasteiger partial charge >= 0.3 is 0 Å². The third-order valence-corrected chi connectivity index (χ3v) is 5.39. The molecule has 0 bridgehead atoms. The maximum Gasteiger partial charge on any atom is 0.243 e. The van der Waals surface area contributed by atoms with E-state index in [-0.39, 0.29) is 37.9 Å². The van der Waals surface area contributed by atoms with Crippen LogP contribution in [0.25, 0.3) is 0 Å². The van der Waals surface area contributed by atoms with E-state index in [0.29, 0.717) is 6.42 Å². The Kier molecular flexibility index (Phi) is 9.03. The maximum atomic E-state index is 13.5. The highest BCUT2D eigenvalue weighted by atomic mass is 16.5. The molecule has 0 aliphatic carbocycles. The highest BCUT2D eigenvalue weighted by Gasteiger charge is 2.30. The summed E-state index contributed by atoms with van der Waals surface area (Å²) in [5.74, 6) is 0.294. The predicted octanol–water partition coefficient (Wildman–Crippen LogP) is 2.99. The SMILES string of the molecule is COc1ccc(CN(C(=O)Cc2ccccc2)[C@@H](Cc2ccccc2)C(=O)NCCO)cc1. The number of benzene rings is 3. The average Bonchev–Trinajstić information content (AvgIpc) is 2.86. The van der Waals surface area contributed by atoms with Gasteiger partial charge in [-0.25, -0.2) is 0 Å². The normalized spacial score (nSPS) is 11.5. The second-order valence-electron chi connectivity index (χ2n) is 7.75. The van der Waals surface area contributed by atoms with Crippen molar-refractivity contribution in [2.75, 3.05) is 20.3 Å². The molecule has 2 amide bonds. The summed E-state index contributed by atoms with van der Waals surface area (Å²) in [6, 6.07) is 25.9. The average molecular weight is 447 g/mol. The highest BCUT2D eigenvalue weighted by molar-refractivity contribution is 5.88. The number of amides is 2. The first kappa shape index (κ1) is 24.0. The number of aliphatic hydroxyl groups excluding tert-OH is 1. The van der Waals surface area contributed by atoms with E-state index in [1.54, 1.807) is 12.0 Å². The standard InChI is InChI=1S/C27H30N2O4/c1-33-24-14-12-23(13-15-24)20-29(26(31)19-22-10-6-3-7-11-22)25(27(32)28-16-17-30)18-21-8-4-2-5-9-21/h2-15,25,30H,16-20H2,1H3,(H,28,32)/t25-/m0/s1. The molecule has 0 spiro atoms. The summed E-state index contributed by atoms with van der Waals surface area (Å²) >= 11 is 0. The summed E-state index contributed by atoms with van der Waals surface area (Å²) in [4.78, 5) is 28.3. The molecule has 33 heavy (non-hydrogen) atoms. The molecule has 2 N–H and O–H groups in total. The quantitative estimate of drug-likeness (QED) is 0.475. The number of methoxy groups -OCH3 is 1. The van der Waals surface area contributed by atoms with Crippen LogP contribution in [0.1, 0.15) is 16.7 Å². The highest BCUT2D eigenvalue weighted by Crippen LogP contribution is 2.18. The molecule has 0 aromatic heterocycles. The van der Waals surface area contributed by atoms with Crippen LogP contribution in [0.5, 0.6) is 5.75 Å². The fourth-order valence-electron chi connectivity index (χ4n) is 3.65. The molecule has 0 heterocycles. The molecule has 0 fully saturated rings. The van der Waals surface area contributed by atoms with E-state index in [1.807, 2.05) is 84.9 Å². The van der Waals surface area contributed by atoms with Crippen LogP contribution in [-0.4, -0.2) is 48.1 Å². The minimum atomic E-state index is -0.725. The fourth-order valence-corrected chi connectivity index (χ4v) is 3.65. The molecule has 3 aromatic carbocycles. The molecule has 6 heteroatoms. The van der Waals surface area contributed by atoms with Gasteiger partial charge < -0.3 is 20.1 Å². The molecule has 6 nitrogen and oxygen atoms in total. The van der Waals surface area contributed by atoms with Gasteiger partial charge in [-0.2, -0.15) is 0 Å². The molecule has 172 valence electrons. The van der Waals surface area contributed by atoms with Crippen molar-refractivity contribution in [3.05, 3.63) is 102 Å². The van der Waals surface area contributed by atoms with Gasteiger partial charge in [0.25, 0.3) is 0 Å². The lowest BCUT2D eigenvalue weighted by molar-refractivity contribution is -0.140. The molecule has 0 aliphatic heterocycles. The first-order valence-corrected chi connectivity index (χ1v) is 11.0. The molecule has 0 radical (unpaired) electrons. The minimum absolute atomic E-state index is 0.132. The van der Waals surface area contributed by atoms with E-state index in [9.17, 15) is 14.7 Å². The van der Waals surface area contributed by atoms with Crippen LogP contribution < -0.4 is 10.1 Å². The van der Waals surface area contributed by atoms with E-state index in [0.717, 1.165) is 22.4 Å². The van der Waals surface area contributed by atoms with E-state index < -0.39 is 6.04 Å². The van der Waals surface area contributed by atoms with Gasteiger partial charge in [-0.05, 0) is 28.8 Å². The maximum absolute atomic E-state index is 13.5. The summed E-state index contributed by atoms with van der Waals surface area (Å²) in [6.45, 7) is 0.243. The summed E-state index contributed by atoms with van der Waals surface area (Å²) in [5.41, 5.74) is 2.73. The first-order valence-electron chi connectivity index (χ1n) is 11.0. The molecule has 0 unspecified atom stereocenters. The third kappa shape index (κ3) is 7.19. The molecular formula is C27H30N2O4. The Morgan fingerprint density at radius 3 is 2.06 bits per heavy atom. The van der Waals surface area contributed by atoms with Gasteiger partial charge in [0.2, 0.25) is 11.8 Å². The molecular weight excluding hydrogens is 416 g/mol. The lowest BCUT2D eigenvalue weighted by Gasteiger charge is -2.31. The molecule has 0 saturated heterocycles. The van der Waals surface area contributed by atoms with Crippen LogP contribution in [-0.2, 0) is 29.0 Å². The van der Waals surface area contributed by atoms with Crippen molar-refractivity contribution in [3.8, 4) is 5.75 Å². The minimum Gasteiger partial charge on any atom is -0.497 e. The van der Waals surface area contributed by atoms with E-state index in [1.165, 1.54) is 0 Å². The van der Waals surface area contributed by atoms with Crippen LogP contribution in [0.2, 0.25) is 0 Å². The van der Waals surface area contributed by atoms with Gasteiger partial charge in [0.05, 0.1) is 20.1 Å². The van der Waals surface area contributed by atoms with Crippen LogP contribution >= 0.6 is 0 Å². The Bertz CT molecular complexity index is 1010. The zero-order valence-corrected chi connectivity index (χ0v) is 18.8. The van der Waals surface area contributed by atoms with Gasteiger partial charge in [-0.3, -0.25) is 9.59 Å². The summed E-state index contributed by atoms with van der Waals surface area (Å²) < 4.78 is 5.24. The summed E-state index contributed by atoms with van der Waals surface area (Å²) in [5, 5.41) is 12.0. The lowest BCUT2D eigenvalue weighted by atomic mass is 10.0. The van der Waals surface area contributed by atoms with Gasteiger partial charge in [-0.15, -0.1) is 0 Å². The number of carbonyl (C=O) groups is 2. The lowest BCUT2D eigenvalue weighted by Crippen LogP contribution is -2.51. The molecule has 3 rings (SSSR count). The van der Waals surface area contributed by atoms with E-state index in [4.69, 9.17) is 4.74 Å². The molecule has 0 aliphatic rings. The fraction of sp³-hybridized carbons (Fsp3) is 0.259. The number of aliphatic hydroxyl groups is 1. The van der Waals surface area contributed by atoms with Gasteiger partial charge in [0.15, 0.2) is 0 Å². The number of ether oxygens (including phenoxy) is 1. The predicted molar refractivity (Wildman–Crippen MR) is 128 cm³/mol. The van der Waals surface area contributed by atoms with Gasteiger partial charge in [0, 0.05) is 19.5 Å². The summed E-state index contributed by atoms with van der Waals surface area (Å²) in [7, 11) is 1.60. The smallest absolute Gasteiger partial charge is 0.243 e. The molecule has 3 aromatic rings. The zero-order chi connectivity index (χ0) is 23.5. The van der Waals surface area contributed by atoms with Crippen molar-refractivity contribution >= 4 is 11.8 Å². The van der Waals surface area contributed by atoms with Crippen LogP contribution in [0, 0.1) is 0 Å². The van der Waals surface area contributed by atoms with Crippen molar-refractivity contribution < 1.29 is 19.4 Å². The van der Waals surface area contributed by atoms with Crippen LogP contribution in [0.4, 0.5) is 0 Å². The zero-order valence-electron chi connectivity index (χ0n) is 18.8. The number of nitrogens with zero attached hydrogens (tertiary/aromatic N) is 1. The van der Waals surface area contributed by atoms with E-state index in [2.05, 4.69) is 5.32 Å². The van der Waals surface area contributed by atoms with Crippen LogP contribution in [0.3, 0.4) is 0 Å². The Morgan fingerprint density at radius 2 is 1.48 bits per heavy atom. The second kappa shape index (κ2) is 12.4. The first-order chi connectivity index (χ1) is 16.1. The number of carbonyl (C=O) groups excluding carboxylic acids is 2. The largest absolute Gasteiger partial charge is 0.497 e. The van der Waals surface area contributed by atoms with Crippen molar-refractivity contribution in [3.63, 3.8) is 0 Å².